The Morgan fingerprint density at radius 1 is 0.939 bits per heavy atom. The third-order valence-electron chi connectivity index (χ3n) is 9.56. The molecule has 4 aliphatic carbocycles. The van der Waals surface area contributed by atoms with Crippen LogP contribution in [0.25, 0.3) is 0 Å². The predicted molar refractivity (Wildman–Crippen MR) is 127 cm³/mol. The van der Waals surface area contributed by atoms with Crippen LogP contribution in [0.4, 0.5) is 0 Å². The molecule has 33 heavy (non-hydrogen) atoms. The molecule has 0 N–H and O–H groups in total. The number of carbonyl (C=O) groups excluding carboxylic acids is 2. The monoisotopic (exact) mass is 450 g/mol. The van der Waals surface area contributed by atoms with Crippen LogP contribution in [-0.2, 0) is 19.7 Å². The van der Waals surface area contributed by atoms with Crippen LogP contribution < -0.4 is 0 Å². The number of nitrogens with zero attached hydrogens (tertiary/aromatic N) is 2. The van der Waals surface area contributed by atoms with Crippen molar-refractivity contribution >= 4 is 11.8 Å². The van der Waals surface area contributed by atoms with E-state index in [0.717, 1.165) is 38.6 Å². The Morgan fingerprint density at radius 2 is 1.64 bits per heavy atom. The number of morpholine rings is 1. The number of carbonyl (C=O) groups is 2. The summed E-state index contributed by atoms with van der Waals surface area (Å²) in [5.74, 6) is 1.91. The second kappa shape index (κ2) is 8.11. The minimum atomic E-state index is -0.209. The summed E-state index contributed by atoms with van der Waals surface area (Å²) >= 11 is 0. The fraction of sp³-hybridized carbons (Fsp3) is 0.714. The summed E-state index contributed by atoms with van der Waals surface area (Å²) in [7, 11) is 0. The zero-order chi connectivity index (χ0) is 22.6. The topological polar surface area (TPSA) is 49.9 Å². The third-order valence-corrected chi connectivity index (χ3v) is 9.56. The van der Waals surface area contributed by atoms with E-state index < -0.39 is 0 Å². The molecule has 2 saturated heterocycles. The maximum absolute atomic E-state index is 14.2. The van der Waals surface area contributed by atoms with Crippen LogP contribution in [-0.4, -0.2) is 61.0 Å². The number of likely N-dealkylation sites (tertiary alicyclic amines) is 1. The van der Waals surface area contributed by atoms with Crippen molar-refractivity contribution in [2.45, 2.75) is 63.7 Å². The number of ether oxygens (including phenoxy) is 1. The molecule has 3 unspecified atom stereocenters. The molecule has 3 atom stereocenters. The highest BCUT2D eigenvalue weighted by molar-refractivity contribution is 5.85. The van der Waals surface area contributed by atoms with Crippen molar-refractivity contribution in [3.05, 3.63) is 35.4 Å². The summed E-state index contributed by atoms with van der Waals surface area (Å²) in [4.78, 5) is 31.4. The van der Waals surface area contributed by atoms with Gasteiger partial charge in [-0.15, -0.1) is 0 Å². The zero-order valence-corrected chi connectivity index (χ0v) is 20.1. The summed E-state index contributed by atoms with van der Waals surface area (Å²) in [5, 5.41) is 0. The lowest BCUT2D eigenvalue weighted by Crippen LogP contribution is -2.61. The molecular formula is C28H38N2O3. The molecule has 7 rings (SSSR count). The Labute approximate surface area is 197 Å². The Bertz CT molecular complexity index is 906. The summed E-state index contributed by atoms with van der Waals surface area (Å²) in [6, 6.07) is 9.15. The summed E-state index contributed by atoms with van der Waals surface area (Å²) in [6.07, 6.45) is 8.79. The second-order valence-electron chi connectivity index (χ2n) is 11.9. The Balaban J connectivity index is 1.23. The van der Waals surface area contributed by atoms with Crippen LogP contribution in [0.5, 0.6) is 0 Å². The van der Waals surface area contributed by atoms with Crippen molar-refractivity contribution in [1.82, 2.24) is 9.80 Å². The summed E-state index contributed by atoms with van der Waals surface area (Å²) in [5.41, 5.74) is 2.72. The van der Waals surface area contributed by atoms with Crippen molar-refractivity contribution in [1.29, 1.82) is 0 Å². The van der Waals surface area contributed by atoms with Crippen LogP contribution in [0.1, 0.15) is 62.5 Å². The van der Waals surface area contributed by atoms with E-state index >= 15 is 0 Å². The minimum absolute atomic E-state index is 0.0410. The van der Waals surface area contributed by atoms with Gasteiger partial charge < -0.3 is 14.5 Å². The van der Waals surface area contributed by atoms with Crippen molar-refractivity contribution in [3.8, 4) is 0 Å². The molecule has 2 aliphatic heterocycles. The molecule has 5 heteroatoms. The van der Waals surface area contributed by atoms with Gasteiger partial charge in [-0.2, -0.15) is 0 Å². The lowest BCUT2D eigenvalue weighted by Gasteiger charge is -2.62. The SMILES string of the molecule is Cc1ccc(C23CC4CC(CC(C(=O)N5CCCC(C(=O)N6CCOCC6)C5)(C4)C2)C3)cc1. The largest absolute Gasteiger partial charge is 0.378 e. The van der Waals surface area contributed by atoms with E-state index in [0.29, 0.717) is 50.6 Å². The normalized spacial score (nSPS) is 37.9. The first-order valence-electron chi connectivity index (χ1n) is 13.2. The van der Waals surface area contributed by atoms with Gasteiger partial charge in [0.15, 0.2) is 0 Å². The number of piperidine rings is 1. The number of hydrogen-bond acceptors (Lipinski definition) is 3. The number of rotatable bonds is 3. The van der Waals surface area contributed by atoms with Gasteiger partial charge in [0, 0.05) is 26.2 Å². The standard InChI is InChI=1S/C28H38N2O3/c1-20-4-6-24(7-5-20)27-14-21-13-22(15-27)17-28(16-21,19-27)26(32)30-8-2-3-23(18-30)25(31)29-9-11-33-12-10-29/h4-7,21-23H,2-3,8-19H2,1H3. The van der Waals surface area contributed by atoms with Crippen molar-refractivity contribution in [2.24, 2.45) is 23.2 Å². The van der Waals surface area contributed by atoms with Gasteiger partial charge in [0.1, 0.15) is 0 Å². The fourth-order valence-corrected chi connectivity index (χ4v) is 8.50. The Morgan fingerprint density at radius 3 is 2.33 bits per heavy atom. The molecule has 2 heterocycles. The van der Waals surface area contributed by atoms with Gasteiger partial charge >= 0.3 is 0 Å². The van der Waals surface area contributed by atoms with Gasteiger partial charge in [0.25, 0.3) is 0 Å². The lowest BCUT2D eigenvalue weighted by atomic mass is 9.42. The van der Waals surface area contributed by atoms with Gasteiger partial charge in [0.2, 0.25) is 11.8 Å². The van der Waals surface area contributed by atoms with Crippen LogP contribution in [0, 0.1) is 30.1 Å². The summed E-state index contributed by atoms with van der Waals surface area (Å²) in [6.45, 7) is 6.23. The molecule has 0 spiro atoms. The quantitative estimate of drug-likeness (QED) is 0.701. The van der Waals surface area contributed by atoms with E-state index in [2.05, 4.69) is 36.1 Å². The Kier molecular flexibility index (Phi) is 5.32. The van der Waals surface area contributed by atoms with E-state index in [4.69, 9.17) is 4.74 Å². The first kappa shape index (κ1) is 21.6. The average molecular weight is 451 g/mol. The number of benzene rings is 1. The van der Waals surface area contributed by atoms with Gasteiger partial charge in [0.05, 0.1) is 24.5 Å². The molecule has 5 nitrogen and oxygen atoms in total. The molecule has 178 valence electrons. The second-order valence-corrected chi connectivity index (χ2v) is 11.9. The van der Waals surface area contributed by atoms with Crippen LogP contribution >= 0.6 is 0 Å². The van der Waals surface area contributed by atoms with Crippen molar-refractivity contribution in [3.63, 3.8) is 0 Å². The zero-order valence-electron chi connectivity index (χ0n) is 20.1. The van der Waals surface area contributed by atoms with Crippen molar-refractivity contribution in [2.75, 3.05) is 39.4 Å². The Hall–Kier alpha value is -1.88. The van der Waals surface area contributed by atoms with Gasteiger partial charge in [-0.25, -0.2) is 0 Å². The third kappa shape index (κ3) is 3.71. The molecule has 6 fully saturated rings. The van der Waals surface area contributed by atoms with E-state index in [1.165, 1.54) is 30.4 Å². The summed E-state index contributed by atoms with van der Waals surface area (Å²) < 4.78 is 5.43. The number of amides is 2. The highest BCUT2D eigenvalue weighted by Crippen LogP contribution is 2.66. The van der Waals surface area contributed by atoms with E-state index in [9.17, 15) is 9.59 Å². The van der Waals surface area contributed by atoms with Gasteiger partial charge in [-0.05, 0) is 81.1 Å². The maximum atomic E-state index is 14.2. The van der Waals surface area contributed by atoms with Gasteiger partial charge in [-0.3, -0.25) is 9.59 Å². The molecule has 0 aromatic heterocycles. The van der Waals surface area contributed by atoms with Crippen LogP contribution in [0.15, 0.2) is 24.3 Å². The van der Waals surface area contributed by atoms with Gasteiger partial charge in [-0.1, -0.05) is 29.8 Å². The average Bonchev–Trinajstić information content (AvgIpc) is 2.83. The predicted octanol–water partition coefficient (Wildman–Crippen LogP) is 3.93. The molecule has 4 bridgehead atoms. The molecule has 1 aromatic rings. The maximum Gasteiger partial charge on any atom is 0.228 e. The van der Waals surface area contributed by atoms with Crippen molar-refractivity contribution < 1.29 is 14.3 Å². The number of aryl methyl sites for hydroxylation is 1. The molecule has 0 radical (unpaired) electrons. The minimum Gasteiger partial charge on any atom is -0.378 e. The van der Waals surface area contributed by atoms with E-state index in [1.54, 1.807) is 0 Å². The first-order chi connectivity index (χ1) is 16.0. The van der Waals surface area contributed by atoms with E-state index in [1.807, 2.05) is 4.90 Å². The van der Waals surface area contributed by atoms with E-state index in [-0.39, 0.29) is 22.7 Å². The smallest absolute Gasteiger partial charge is 0.228 e. The molecule has 6 aliphatic rings. The lowest BCUT2D eigenvalue weighted by molar-refractivity contribution is -0.163. The molecular weight excluding hydrogens is 412 g/mol. The fourth-order valence-electron chi connectivity index (χ4n) is 8.50. The highest BCUT2D eigenvalue weighted by Gasteiger charge is 2.61. The molecule has 2 amide bonds. The van der Waals surface area contributed by atoms with Crippen LogP contribution in [0.2, 0.25) is 0 Å². The number of hydrogen-bond donors (Lipinski definition) is 0. The highest BCUT2D eigenvalue weighted by atomic mass is 16.5. The van der Waals surface area contributed by atoms with Crippen LogP contribution in [0.3, 0.4) is 0 Å². The first-order valence-corrected chi connectivity index (χ1v) is 13.2. The molecule has 4 saturated carbocycles. The molecule has 1 aromatic carbocycles.